The summed E-state index contributed by atoms with van der Waals surface area (Å²) in [5.41, 5.74) is 2.52. The van der Waals surface area contributed by atoms with Crippen LogP contribution < -0.4 is 5.56 Å². The van der Waals surface area contributed by atoms with Crippen LogP contribution in [0.3, 0.4) is 0 Å². The van der Waals surface area contributed by atoms with Crippen LogP contribution >= 0.6 is 0 Å². The molecule has 148 valence electrons. The molecule has 28 heavy (non-hydrogen) atoms. The number of carbonyl (C=O) groups is 1. The average Bonchev–Trinajstić information content (AvgIpc) is 2.93. The van der Waals surface area contributed by atoms with E-state index in [0.29, 0.717) is 24.2 Å². The first-order valence-electron chi connectivity index (χ1n) is 9.71. The van der Waals surface area contributed by atoms with Crippen molar-refractivity contribution in [2.45, 2.75) is 53.5 Å². The molecule has 0 radical (unpaired) electrons. The Morgan fingerprint density at radius 2 is 1.86 bits per heavy atom. The minimum absolute atomic E-state index is 0.00388. The van der Waals surface area contributed by atoms with Gasteiger partial charge in [-0.15, -0.1) is 0 Å². The van der Waals surface area contributed by atoms with Gasteiger partial charge < -0.3 is 9.32 Å². The summed E-state index contributed by atoms with van der Waals surface area (Å²) >= 11 is 0. The number of amides is 1. The number of nitrogens with one attached hydrogen (secondary N) is 1. The van der Waals surface area contributed by atoms with E-state index in [9.17, 15) is 9.59 Å². The molecule has 1 amide bonds. The van der Waals surface area contributed by atoms with Gasteiger partial charge in [-0.2, -0.15) is 5.10 Å². The Labute approximate surface area is 164 Å². The summed E-state index contributed by atoms with van der Waals surface area (Å²) in [5.74, 6) is 1.75. The van der Waals surface area contributed by atoms with Crippen LogP contribution in [0.2, 0.25) is 0 Å². The van der Waals surface area contributed by atoms with Crippen molar-refractivity contribution < 1.29 is 9.21 Å². The summed E-state index contributed by atoms with van der Waals surface area (Å²) in [5, 5.41) is 7.94. The smallest absolute Gasteiger partial charge is 0.272 e. The number of H-pyrrole nitrogens is 1. The normalized spacial score (nSPS) is 11.1. The van der Waals surface area contributed by atoms with Crippen LogP contribution in [0.4, 0.5) is 0 Å². The number of fused-ring (bicyclic) bond motifs is 1. The summed E-state index contributed by atoms with van der Waals surface area (Å²) in [6, 6.07) is 7.25. The van der Waals surface area contributed by atoms with Gasteiger partial charge in [0.2, 0.25) is 5.91 Å². The molecule has 6 nitrogen and oxygen atoms in total. The maximum atomic E-state index is 13.1. The standard InChI is InChI=1S/C22H27N3O3/c1-5-6-11-25(13-19-14(2)15(3)28-16(19)4)21(26)12-20-17-9-7-8-10-18(17)22(27)24-23-20/h7-10H,5-6,11-13H2,1-4H3,(H,24,27). The number of carbonyl (C=O) groups excluding carboxylic acids is 1. The second-order valence-electron chi connectivity index (χ2n) is 7.21. The number of hydrogen-bond acceptors (Lipinski definition) is 4. The number of aromatic amines is 1. The molecular weight excluding hydrogens is 354 g/mol. The van der Waals surface area contributed by atoms with E-state index in [1.165, 1.54) is 0 Å². The van der Waals surface area contributed by atoms with E-state index in [0.717, 1.165) is 40.9 Å². The maximum Gasteiger partial charge on any atom is 0.272 e. The molecule has 2 heterocycles. The van der Waals surface area contributed by atoms with Crippen molar-refractivity contribution in [3.8, 4) is 0 Å². The molecule has 3 aromatic rings. The molecule has 0 aliphatic carbocycles. The SMILES string of the molecule is CCCCN(Cc1c(C)oc(C)c1C)C(=O)Cc1n[nH]c(=O)c2ccccc12. The molecule has 1 N–H and O–H groups in total. The van der Waals surface area contributed by atoms with Gasteiger partial charge in [-0.25, -0.2) is 5.10 Å². The molecule has 0 saturated heterocycles. The van der Waals surface area contributed by atoms with Crippen molar-refractivity contribution in [1.29, 1.82) is 0 Å². The summed E-state index contributed by atoms with van der Waals surface area (Å²) in [4.78, 5) is 27.0. The van der Waals surface area contributed by atoms with E-state index in [-0.39, 0.29) is 17.9 Å². The van der Waals surface area contributed by atoms with Crippen molar-refractivity contribution in [3.05, 3.63) is 63.0 Å². The number of aromatic nitrogens is 2. The van der Waals surface area contributed by atoms with Crippen LogP contribution in [0.5, 0.6) is 0 Å². The minimum Gasteiger partial charge on any atom is -0.466 e. The number of hydrogen-bond donors (Lipinski definition) is 1. The van der Waals surface area contributed by atoms with Crippen molar-refractivity contribution in [3.63, 3.8) is 0 Å². The van der Waals surface area contributed by atoms with Crippen molar-refractivity contribution in [2.24, 2.45) is 0 Å². The van der Waals surface area contributed by atoms with Crippen molar-refractivity contribution >= 4 is 16.7 Å². The summed E-state index contributed by atoms with van der Waals surface area (Å²) in [7, 11) is 0. The van der Waals surface area contributed by atoms with Gasteiger partial charge in [0.15, 0.2) is 0 Å². The second-order valence-corrected chi connectivity index (χ2v) is 7.21. The van der Waals surface area contributed by atoms with Gasteiger partial charge in [0.25, 0.3) is 5.56 Å². The first-order valence-corrected chi connectivity index (χ1v) is 9.71. The van der Waals surface area contributed by atoms with E-state index in [1.54, 1.807) is 6.07 Å². The zero-order valence-electron chi connectivity index (χ0n) is 17.0. The minimum atomic E-state index is -0.241. The molecule has 0 spiro atoms. The Balaban J connectivity index is 1.88. The van der Waals surface area contributed by atoms with Crippen LogP contribution in [-0.2, 0) is 17.8 Å². The fraction of sp³-hybridized carbons (Fsp3) is 0.409. The Morgan fingerprint density at radius 3 is 2.50 bits per heavy atom. The largest absolute Gasteiger partial charge is 0.466 e. The molecule has 0 fully saturated rings. The quantitative estimate of drug-likeness (QED) is 0.675. The Kier molecular flexibility index (Phi) is 5.97. The predicted molar refractivity (Wildman–Crippen MR) is 109 cm³/mol. The molecule has 3 rings (SSSR count). The highest BCUT2D eigenvalue weighted by molar-refractivity contribution is 5.88. The Hall–Kier alpha value is -2.89. The Bertz CT molecular complexity index is 1050. The number of aryl methyl sites for hydroxylation is 2. The topological polar surface area (TPSA) is 79.2 Å². The fourth-order valence-corrected chi connectivity index (χ4v) is 3.47. The highest BCUT2D eigenvalue weighted by Gasteiger charge is 2.20. The molecule has 0 saturated carbocycles. The lowest BCUT2D eigenvalue weighted by Crippen LogP contribution is -2.33. The molecule has 1 aromatic carbocycles. The van der Waals surface area contributed by atoms with Gasteiger partial charge in [0.05, 0.1) is 17.5 Å². The van der Waals surface area contributed by atoms with E-state index in [2.05, 4.69) is 17.1 Å². The summed E-state index contributed by atoms with van der Waals surface area (Å²) in [6.07, 6.45) is 2.09. The van der Waals surface area contributed by atoms with E-state index >= 15 is 0 Å². The Morgan fingerprint density at radius 1 is 1.14 bits per heavy atom. The van der Waals surface area contributed by atoms with Crippen LogP contribution in [0, 0.1) is 20.8 Å². The number of furan rings is 1. The van der Waals surface area contributed by atoms with E-state index in [1.807, 2.05) is 43.9 Å². The van der Waals surface area contributed by atoms with Crippen LogP contribution in [0.25, 0.3) is 10.8 Å². The maximum absolute atomic E-state index is 13.1. The fourth-order valence-electron chi connectivity index (χ4n) is 3.47. The lowest BCUT2D eigenvalue weighted by atomic mass is 10.1. The third kappa shape index (κ3) is 4.01. The lowest BCUT2D eigenvalue weighted by Gasteiger charge is -2.23. The predicted octanol–water partition coefficient (Wildman–Crippen LogP) is 3.81. The van der Waals surface area contributed by atoms with Crippen molar-refractivity contribution in [2.75, 3.05) is 6.54 Å². The average molecular weight is 381 g/mol. The molecule has 0 aliphatic heterocycles. The van der Waals surface area contributed by atoms with E-state index < -0.39 is 0 Å². The van der Waals surface area contributed by atoms with Crippen molar-refractivity contribution in [1.82, 2.24) is 15.1 Å². The van der Waals surface area contributed by atoms with Gasteiger partial charge >= 0.3 is 0 Å². The highest BCUT2D eigenvalue weighted by atomic mass is 16.3. The number of benzene rings is 1. The van der Waals surface area contributed by atoms with Gasteiger partial charge in [-0.05, 0) is 38.8 Å². The highest BCUT2D eigenvalue weighted by Crippen LogP contribution is 2.23. The number of nitrogens with zero attached hydrogens (tertiary/aromatic N) is 2. The molecule has 0 aliphatic rings. The molecule has 6 heteroatoms. The zero-order chi connectivity index (χ0) is 20.3. The summed E-state index contributed by atoms with van der Waals surface area (Å²) in [6.45, 7) is 9.23. The van der Waals surface area contributed by atoms with Crippen LogP contribution in [0.1, 0.15) is 48.1 Å². The van der Waals surface area contributed by atoms with Crippen LogP contribution in [-0.4, -0.2) is 27.5 Å². The zero-order valence-corrected chi connectivity index (χ0v) is 17.0. The molecule has 0 unspecified atom stereocenters. The number of rotatable bonds is 7. The van der Waals surface area contributed by atoms with Gasteiger partial charge in [-0.1, -0.05) is 31.5 Å². The van der Waals surface area contributed by atoms with E-state index in [4.69, 9.17) is 4.42 Å². The van der Waals surface area contributed by atoms with Gasteiger partial charge in [-0.3, -0.25) is 9.59 Å². The third-order valence-electron chi connectivity index (χ3n) is 5.29. The molecule has 0 atom stereocenters. The van der Waals surface area contributed by atoms with Gasteiger partial charge in [0, 0.05) is 24.0 Å². The first kappa shape index (κ1) is 19.9. The van der Waals surface area contributed by atoms with Gasteiger partial charge in [0.1, 0.15) is 11.5 Å². The van der Waals surface area contributed by atoms with Crippen LogP contribution in [0.15, 0.2) is 33.5 Å². The number of unbranched alkanes of at least 4 members (excludes halogenated alkanes) is 1. The third-order valence-corrected chi connectivity index (χ3v) is 5.29. The monoisotopic (exact) mass is 381 g/mol. The summed E-state index contributed by atoms with van der Waals surface area (Å²) < 4.78 is 5.73. The first-order chi connectivity index (χ1) is 13.4. The molecular formula is C22H27N3O3. The second kappa shape index (κ2) is 8.42. The molecule has 0 bridgehead atoms. The lowest BCUT2D eigenvalue weighted by molar-refractivity contribution is -0.131. The molecule has 2 aromatic heterocycles.